The van der Waals surface area contributed by atoms with Crippen molar-refractivity contribution >= 4 is 28.7 Å². The number of fused-ring (bicyclic) bond motifs is 1. The van der Waals surface area contributed by atoms with Crippen LogP contribution in [0.3, 0.4) is 0 Å². The second kappa shape index (κ2) is 9.87. The van der Waals surface area contributed by atoms with Crippen molar-refractivity contribution in [2.24, 2.45) is 0 Å². The maximum Gasteiger partial charge on any atom is 0.281 e. The maximum atomic E-state index is 12.7. The summed E-state index contributed by atoms with van der Waals surface area (Å²) in [6.45, 7) is 3.50. The summed E-state index contributed by atoms with van der Waals surface area (Å²) in [6.07, 6.45) is 1.38. The second-order valence-corrected chi connectivity index (χ2v) is 9.13. The number of ether oxygens (including phenoxy) is 1. The Labute approximate surface area is 206 Å². The van der Waals surface area contributed by atoms with Crippen LogP contribution < -0.4 is 10.3 Å². The summed E-state index contributed by atoms with van der Waals surface area (Å²) in [7, 11) is 0. The first-order valence-corrected chi connectivity index (χ1v) is 11.9. The van der Waals surface area contributed by atoms with Crippen LogP contribution in [-0.4, -0.2) is 55.5 Å². The minimum atomic E-state index is -0.319. The highest BCUT2D eigenvalue weighted by atomic mass is 35.5. The number of amides is 1. The fourth-order valence-electron chi connectivity index (χ4n) is 4.24. The summed E-state index contributed by atoms with van der Waals surface area (Å²) >= 11 is 6.29. The molecule has 0 radical (unpaired) electrons. The molecule has 1 fully saturated rings. The molecule has 1 N–H and O–H groups in total. The van der Waals surface area contributed by atoms with E-state index < -0.39 is 0 Å². The molecule has 2 aromatic carbocycles. The normalized spacial score (nSPS) is 14.4. The number of nitrogens with one attached hydrogen (secondary N) is 1. The first kappa shape index (κ1) is 23.0. The van der Waals surface area contributed by atoms with E-state index in [4.69, 9.17) is 21.3 Å². The topological polar surface area (TPSA) is 106 Å². The Kier molecular flexibility index (Phi) is 6.50. The van der Waals surface area contributed by atoms with Crippen LogP contribution in [0.5, 0.6) is 5.75 Å². The fourth-order valence-corrected chi connectivity index (χ4v) is 4.44. The van der Waals surface area contributed by atoms with Crippen LogP contribution in [0.2, 0.25) is 5.02 Å². The molecule has 1 saturated heterocycles. The van der Waals surface area contributed by atoms with Crippen molar-refractivity contribution in [1.82, 2.24) is 29.9 Å². The predicted molar refractivity (Wildman–Crippen MR) is 132 cm³/mol. The van der Waals surface area contributed by atoms with Gasteiger partial charge >= 0.3 is 0 Å². The zero-order valence-corrected chi connectivity index (χ0v) is 20.0. The van der Waals surface area contributed by atoms with Crippen LogP contribution in [-0.2, 0) is 11.3 Å². The van der Waals surface area contributed by atoms with E-state index in [1.165, 1.54) is 0 Å². The Morgan fingerprint density at radius 2 is 1.89 bits per heavy atom. The summed E-state index contributed by atoms with van der Waals surface area (Å²) in [4.78, 5) is 34.7. The molecule has 10 heteroatoms. The van der Waals surface area contributed by atoms with Crippen molar-refractivity contribution in [3.8, 4) is 5.75 Å². The highest BCUT2D eigenvalue weighted by Crippen LogP contribution is 2.26. The van der Waals surface area contributed by atoms with Gasteiger partial charge in [-0.1, -0.05) is 52.7 Å². The van der Waals surface area contributed by atoms with Gasteiger partial charge in [0.1, 0.15) is 11.6 Å². The molecule has 1 aliphatic heterocycles. The van der Waals surface area contributed by atoms with Crippen LogP contribution in [0.4, 0.5) is 0 Å². The molecule has 4 aromatic rings. The molecule has 0 spiro atoms. The van der Waals surface area contributed by atoms with Gasteiger partial charge in [0.2, 0.25) is 0 Å². The van der Waals surface area contributed by atoms with Gasteiger partial charge in [0.15, 0.2) is 17.8 Å². The number of halogens is 1. The SMILES string of the molecule is Cc1ccc(OCC(=O)N2CCC(c3nc4c(nnn4Cc4ccccc4Cl)c(=O)[nH]3)CC2)cc1. The minimum absolute atomic E-state index is 0.00166. The quantitative estimate of drug-likeness (QED) is 0.442. The zero-order chi connectivity index (χ0) is 24.4. The number of rotatable bonds is 6. The first-order chi connectivity index (χ1) is 17.0. The van der Waals surface area contributed by atoms with E-state index in [1.54, 1.807) is 9.58 Å². The van der Waals surface area contributed by atoms with Crippen molar-refractivity contribution in [1.29, 1.82) is 0 Å². The number of aromatic nitrogens is 5. The first-order valence-electron chi connectivity index (χ1n) is 11.5. The molecular formula is C25H25ClN6O3. The number of H-pyrrole nitrogens is 1. The Morgan fingerprint density at radius 3 is 2.63 bits per heavy atom. The highest BCUT2D eigenvalue weighted by Gasteiger charge is 2.26. The molecule has 180 valence electrons. The Bertz CT molecular complexity index is 1410. The van der Waals surface area contributed by atoms with E-state index in [1.807, 2.05) is 55.5 Å². The highest BCUT2D eigenvalue weighted by molar-refractivity contribution is 6.31. The number of nitrogens with zero attached hydrogens (tertiary/aromatic N) is 5. The molecular weight excluding hydrogens is 468 g/mol. The van der Waals surface area contributed by atoms with Crippen LogP contribution >= 0.6 is 11.6 Å². The summed E-state index contributed by atoms with van der Waals surface area (Å²) in [5, 5.41) is 8.75. The van der Waals surface area contributed by atoms with Gasteiger partial charge in [0, 0.05) is 24.0 Å². The van der Waals surface area contributed by atoms with E-state index in [0.29, 0.717) is 54.7 Å². The summed E-state index contributed by atoms with van der Waals surface area (Å²) in [5.41, 5.74) is 2.30. The van der Waals surface area contributed by atoms with Crippen LogP contribution in [0.1, 0.15) is 35.7 Å². The Balaban J connectivity index is 1.25. The van der Waals surface area contributed by atoms with Crippen molar-refractivity contribution in [3.05, 3.63) is 80.9 Å². The van der Waals surface area contributed by atoms with Crippen molar-refractivity contribution in [2.45, 2.75) is 32.2 Å². The van der Waals surface area contributed by atoms with Crippen molar-refractivity contribution in [2.75, 3.05) is 19.7 Å². The van der Waals surface area contributed by atoms with Gasteiger partial charge in [-0.25, -0.2) is 9.67 Å². The van der Waals surface area contributed by atoms with E-state index in [2.05, 4.69) is 15.3 Å². The molecule has 0 unspecified atom stereocenters. The number of aryl methyl sites for hydroxylation is 1. The molecule has 3 heterocycles. The fraction of sp³-hybridized carbons (Fsp3) is 0.320. The molecule has 35 heavy (non-hydrogen) atoms. The molecule has 1 aliphatic rings. The number of piperidine rings is 1. The predicted octanol–water partition coefficient (Wildman–Crippen LogP) is 3.31. The van der Waals surface area contributed by atoms with Crippen LogP contribution in [0.25, 0.3) is 11.2 Å². The molecule has 0 saturated carbocycles. The van der Waals surface area contributed by atoms with Gasteiger partial charge < -0.3 is 14.6 Å². The molecule has 2 aromatic heterocycles. The van der Waals surface area contributed by atoms with Gasteiger partial charge in [-0.2, -0.15) is 0 Å². The van der Waals surface area contributed by atoms with Crippen LogP contribution in [0.15, 0.2) is 53.3 Å². The molecule has 0 aliphatic carbocycles. The minimum Gasteiger partial charge on any atom is -0.484 e. The smallest absolute Gasteiger partial charge is 0.281 e. The average molecular weight is 493 g/mol. The van der Waals surface area contributed by atoms with Crippen molar-refractivity contribution < 1.29 is 9.53 Å². The van der Waals surface area contributed by atoms with Crippen molar-refractivity contribution in [3.63, 3.8) is 0 Å². The monoisotopic (exact) mass is 492 g/mol. The number of hydrogen-bond acceptors (Lipinski definition) is 6. The van der Waals surface area contributed by atoms with Gasteiger partial charge in [-0.15, -0.1) is 5.10 Å². The summed E-state index contributed by atoms with van der Waals surface area (Å²) < 4.78 is 7.23. The largest absolute Gasteiger partial charge is 0.484 e. The number of carbonyl (C=O) groups excluding carboxylic acids is 1. The summed E-state index contributed by atoms with van der Waals surface area (Å²) in [6, 6.07) is 15.1. The van der Waals surface area contributed by atoms with E-state index in [9.17, 15) is 9.59 Å². The lowest BCUT2D eigenvalue weighted by Gasteiger charge is -2.31. The molecule has 5 rings (SSSR count). The number of benzene rings is 2. The molecule has 1 amide bonds. The van der Waals surface area contributed by atoms with Crippen LogP contribution in [0, 0.1) is 6.92 Å². The van der Waals surface area contributed by atoms with E-state index >= 15 is 0 Å². The lowest BCUT2D eigenvalue weighted by molar-refractivity contribution is -0.134. The van der Waals surface area contributed by atoms with Gasteiger partial charge in [-0.05, 0) is 43.5 Å². The molecule has 0 bridgehead atoms. The lowest BCUT2D eigenvalue weighted by Crippen LogP contribution is -2.41. The Morgan fingerprint density at radius 1 is 1.14 bits per heavy atom. The van der Waals surface area contributed by atoms with Gasteiger partial charge in [0.05, 0.1) is 6.54 Å². The number of hydrogen-bond donors (Lipinski definition) is 1. The lowest BCUT2D eigenvalue weighted by atomic mass is 9.96. The Hall–Kier alpha value is -3.72. The van der Waals surface area contributed by atoms with Gasteiger partial charge in [0.25, 0.3) is 11.5 Å². The standard InChI is InChI=1S/C25H25ClN6O3/c1-16-6-8-19(9-7-16)35-15-21(33)31-12-10-17(11-13-31)23-27-24-22(25(34)28-23)29-30-32(24)14-18-4-2-3-5-20(18)26/h2-9,17H,10-15H2,1H3,(H,27,28,34). The third-order valence-corrected chi connectivity index (χ3v) is 6.66. The third kappa shape index (κ3) is 5.05. The van der Waals surface area contributed by atoms with Gasteiger partial charge in [-0.3, -0.25) is 9.59 Å². The number of aromatic amines is 1. The average Bonchev–Trinajstić information content (AvgIpc) is 3.28. The number of carbonyl (C=O) groups is 1. The zero-order valence-electron chi connectivity index (χ0n) is 19.3. The maximum absolute atomic E-state index is 12.7. The molecule has 0 atom stereocenters. The molecule has 9 nitrogen and oxygen atoms in total. The van der Waals surface area contributed by atoms with E-state index in [0.717, 1.165) is 11.1 Å². The second-order valence-electron chi connectivity index (χ2n) is 8.72. The third-order valence-electron chi connectivity index (χ3n) is 6.29. The summed E-state index contributed by atoms with van der Waals surface area (Å²) in [5.74, 6) is 1.24. The van der Waals surface area contributed by atoms with E-state index in [-0.39, 0.29) is 29.5 Å². The number of likely N-dealkylation sites (tertiary alicyclic amines) is 1.